The molecule has 7 nitrogen and oxygen atoms in total. The lowest BCUT2D eigenvalue weighted by Gasteiger charge is -2.27. The summed E-state index contributed by atoms with van der Waals surface area (Å²) in [7, 11) is -1.79. The second kappa shape index (κ2) is 8.74. The lowest BCUT2D eigenvalue weighted by Crippen LogP contribution is -2.36. The predicted molar refractivity (Wildman–Crippen MR) is 116 cm³/mol. The summed E-state index contributed by atoms with van der Waals surface area (Å²) in [5, 5.41) is 4.58. The van der Waals surface area contributed by atoms with Crippen molar-refractivity contribution in [2.75, 3.05) is 6.54 Å². The van der Waals surface area contributed by atoms with E-state index < -0.39 is 10.0 Å². The van der Waals surface area contributed by atoms with E-state index in [-0.39, 0.29) is 17.2 Å². The number of nitrogens with zero attached hydrogens (tertiary/aromatic N) is 3. The van der Waals surface area contributed by atoms with Gasteiger partial charge in [0, 0.05) is 43.4 Å². The van der Waals surface area contributed by atoms with Crippen LogP contribution in [0.4, 0.5) is 0 Å². The molecule has 0 saturated heterocycles. The lowest BCUT2D eigenvalue weighted by molar-refractivity contribution is 0.101. The number of carbonyl (C=O) groups is 1. The minimum atomic E-state index is -3.67. The van der Waals surface area contributed by atoms with E-state index in [1.807, 2.05) is 42.1 Å². The molecule has 4 rings (SSSR count). The number of fused-ring (bicyclic) bond motifs is 1. The van der Waals surface area contributed by atoms with Gasteiger partial charge in [0.15, 0.2) is 5.78 Å². The van der Waals surface area contributed by atoms with Crippen LogP contribution in [0.1, 0.15) is 39.8 Å². The zero-order chi connectivity index (χ0) is 22.0. The first-order valence-electron chi connectivity index (χ1n) is 10.1. The van der Waals surface area contributed by atoms with E-state index in [1.165, 1.54) is 23.4 Å². The predicted octanol–water partition coefficient (Wildman–Crippen LogP) is 3.09. The van der Waals surface area contributed by atoms with Gasteiger partial charge in [0.05, 0.1) is 23.8 Å². The lowest BCUT2D eigenvalue weighted by atomic mass is 10.1. The molecular formula is C23H25N3O4S. The van der Waals surface area contributed by atoms with E-state index >= 15 is 0 Å². The van der Waals surface area contributed by atoms with E-state index in [2.05, 4.69) is 5.10 Å². The van der Waals surface area contributed by atoms with Gasteiger partial charge in [0.25, 0.3) is 0 Å². The Kier molecular flexibility index (Phi) is 6.04. The third kappa shape index (κ3) is 4.46. The Bertz CT molecular complexity index is 1190. The Balaban J connectivity index is 1.51. The summed E-state index contributed by atoms with van der Waals surface area (Å²) in [6, 6.07) is 16.0. The summed E-state index contributed by atoms with van der Waals surface area (Å²) in [6.45, 7) is 2.88. The molecule has 1 aliphatic heterocycles. The van der Waals surface area contributed by atoms with Crippen LogP contribution >= 0.6 is 0 Å². The molecule has 0 amide bonds. The van der Waals surface area contributed by atoms with Gasteiger partial charge in [-0.15, -0.1) is 0 Å². The average Bonchev–Trinajstić information content (AvgIpc) is 3.09. The van der Waals surface area contributed by atoms with Gasteiger partial charge in [-0.05, 0) is 24.6 Å². The number of ether oxygens (including phenoxy) is 1. The van der Waals surface area contributed by atoms with Gasteiger partial charge in [-0.2, -0.15) is 9.40 Å². The van der Waals surface area contributed by atoms with Crippen LogP contribution in [-0.2, 0) is 48.0 Å². The van der Waals surface area contributed by atoms with Crippen molar-refractivity contribution < 1.29 is 17.9 Å². The highest BCUT2D eigenvalue weighted by atomic mass is 32.2. The number of hydrogen-bond donors (Lipinski definition) is 0. The first kappa shape index (κ1) is 21.4. The molecule has 0 N–H and O–H groups in total. The Morgan fingerprint density at radius 2 is 1.77 bits per heavy atom. The van der Waals surface area contributed by atoms with Crippen molar-refractivity contribution in [3.63, 3.8) is 0 Å². The molecule has 0 aliphatic carbocycles. The molecular weight excluding hydrogens is 414 g/mol. The number of aromatic nitrogens is 2. The van der Waals surface area contributed by atoms with Crippen molar-refractivity contribution in [1.29, 1.82) is 0 Å². The van der Waals surface area contributed by atoms with Crippen molar-refractivity contribution >= 4 is 15.8 Å². The monoisotopic (exact) mass is 439 g/mol. The number of benzene rings is 2. The largest absolute Gasteiger partial charge is 0.370 e. The Morgan fingerprint density at radius 3 is 2.45 bits per heavy atom. The normalized spacial score (nSPS) is 14.4. The average molecular weight is 440 g/mol. The maximum atomic E-state index is 13.2. The maximum Gasteiger partial charge on any atom is 0.243 e. The second-order valence-electron chi connectivity index (χ2n) is 7.64. The molecule has 8 heteroatoms. The molecule has 1 aliphatic rings. The molecule has 0 saturated carbocycles. The van der Waals surface area contributed by atoms with Gasteiger partial charge in [0.1, 0.15) is 0 Å². The second-order valence-corrected chi connectivity index (χ2v) is 9.58. The van der Waals surface area contributed by atoms with Crippen molar-refractivity contribution in [1.82, 2.24) is 14.1 Å². The molecule has 2 heterocycles. The van der Waals surface area contributed by atoms with Crippen LogP contribution in [0.25, 0.3) is 0 Å². The molecule has 0 radical (unpaired) electrons. The van der Waals surface area contributed by atoms with E-state index in [0.29, 0.717) is 31.7 Å². The van der Waals surface area contributed by atoms with Gasteiger partial charge in [-0.3, -0.25) is 9.48 Å². The zero-order valence-corrected chi connectivity index (χ0v) is 18.4. The fourth-order valence-corrected chi connectivity index (χ4v) is 5.23. The quantitative estimate of drug-likeness (QED) is 0.529. The van der Waals surface area contributed by atoms with Crippen LogP contribution in [0.15, 0.2) is 59.5 Å². The number of ketones is 1. The Labute approximate surface area is 182 Å². The number of rotatable bonds is 7. The minimum absolute atomic E-state index is 0.0953. The van der Waals surface area contributed by atoms with E-state index in [0.717, 1.165) is 22.5 Å². The maximum absolute atomic E-state index is 13.2. The van der Waals surface area contributed by atoms with Crippen LogP contribution in [0, 0.1) is 0 Å². The molecule has 2 aromatic carbocycles. The Morgan fingerprint density at radius 1 is 1.06 bits per heavy atom. The summed E-state index contributed by atoms with van der Waals surface area (Å²) < 4.78 is 35.5. The molecule has 0 unspecified atom stereocenters. The summed E-state index contributed by atoms with van der Waals surface area (Å²) in [6.07, 6.45) is 0.586. The van der Waals surface area contributed by atoms with Gasteiger partial charge < -0.3 is 4.74 Å². The van der Waals surface area contributed by atoms with Crippen LogP contribution in [0.2, 0.25) is 0 Å². The molecule has 31 heavy (non-hydrogen) atoms. The summed E-state index contributed by atoms with van der Waals surface area (Å²) >= 11 is 0. The van der Waals surface area contributed by atoms with Crippen LogP contribution in [0.3, 0.4) is 0 Å². The minimum Gasteiger partial charge on any atom is -0.370 e. The topological polar surface area (TPSA) is 81.5 Å². The standard InChI is InChI=1S/C23H25N3O4S/c1-17(27)19-8-10-20(11-9-19)31(28,29)26-13-12-23-21(14-26)22(24-25(23)2)16-30-15-18-6-4-3-5-7-18/h3-11H,12-16H2,1-2H3. The van der Waals surface area contributed by atoms with Crippen LogP contribution in [0.5, 0.6) is 0 Å². The third-order valence-electron chi connectivity index (χ3n) is 5.54. The molecule has 0 fully saturated rings. The fraction of sp³-hybridized carbons (Fsp3) is 0.304. The number of carbonyl (C=O) groups excluding carboxylic acids is 1. The zero-order valence-electron chi connectivity index (χ0n) is 17.6. The van der Waals surface area contributed by atoms with Crippen molar-refractivity contribution in [3.05, 3.63) is 82.7 Å². The number of hydrogen-bond acceptors (Lipinski definition) is 5. The highest BCUT2D eigenvalue weighted by molar-refractivity contribution is 7.89. The summed E-state index contributed by atoms with van der Waals surface area (Å²) in [4.78, 5) is 11.7. The van der Waals surface area contributed by atoms with Gasteiger partial charge in [0.2, 0.25) is 10.0 Å². The van der Waals surface area contributed by atoms with Gasteiger partial charge >= 0.3 is 0 Å². The fourth-order valence-electron chi connectivity index (χ4n) is 3.82. The number of sulfonamides is 1. The van der Waals surface area contributed by atoms with Crippen LogP contribution in [-0.4, -0.2) is 34.8 Å². The van der Waals surface area contributed by atoms with Gasteiger partial charge in [-0.25, -0.2) is 8.42 Å². The first-order chi connectivity index (χ1) is 14.9. The third-order valence-corrected chi connectivity index (χ3v) is 7.40. The van der Waals surface area contributed by atoms with Gasteiger partial charge in [-0.1, -0.05) is 42.5 Å². The van der Waals surface area contributed by atoms with Crippen molar-refractivity contribution in [3.8, 4) is 0 Å². The van der Waals surface area contributed by atoms with E-state index in [9.17, 15) is 13.2 Å². The highest BCUT2D eigenvalue weighted by Crippen LogP contribution is 2.27. The van der Waals surface area contributed by atoms with Crippen molar-refractivity contribution in [2.24, 2.45) is 7.05 Å². The number of Topliss-reactive ketones (excluding diaryl/α,β-unsaturated/α-hetero) is 1. The highest BCUT2D eigenvalue weighted by Gasteiger charge is 2.32. The van der Waals surface area contributed by atoms with Crippen molar-refractivity contribution in [2.45, 2.75) is 38.0 Å². The first-order valence-corrected chi connectivity index (χ1v) is 11.6. The molecule has 0 spiro atoms. The smallest absolute Gasteiger partial charge is 0.243 e. The molecule has 3 aromatic rings. The SMILES string of the molecule is CC(=O)c1ccc(S(=O)(=O)N2CCc3c(c(COCc4ccccc4)nn3C)C2)cc1. The number of aryl methyl sites for hydroxylation is 1. The Hall–Kier alpha value is -2.81. The molecule has 162 valence electrons. The molecule has 0 atom stereocenters. The van der Waals surface area contributed by atoms with Crippen LogP contribution < -0.4 is 0 Å². The summed E-state index contributed by atoms with van der Waals surface area (Å²) in [5.41, 5.74) is 4.28. The van der Waals surface area contributed by atoms with E-state index in [4.69, 9.17) is 4.74 Å². The van der Waals surface area contributed by atoms with E-state index in [1.54, 1.807) is 12.1 Å². The molecule has 1 aromatic heterocycles. The summed E-state index contributed by atoms with van der Waals surface area (Å²) in [5.74, 6) is -0.0953. The molecule has 0 bridgehead atoms.